The smallest absolute Gasteiger partial charge is 0.373 e. The highest BCUT2D eigenvalue weighted by atomic mass is 19.4. The Morgan fingerprint density at radius 1 is 1.03 bits per heavy atom. The molecule has 3 N–H and O–H groups in total. The molecule has 0 fully saturated rings. The minimum atomic E-state index is -4.36. The van der Waals surface area contributed by atoms with Crippen LogP contribution in [0.3, 0.4) is 0 Å². The van der Waals surface area contributed by atoms with Crippen LogP contribution in [-0.2, 0) is 7.05 Å². The Labute approximate surface area is 211 Å². The fourth-order valence-electron chi connectivity index (χ4n) is 4.05. The first-order chi connectivity index (χ1) is 17.7. The summed E-state index contributed by atoms with van der Waals surface area (Å²) in [7, 11) is 1.79. The Bertz CT molecular complexity index is 1550. The Morgan fingerprint density at radius 2 is 1.78 bits per heavy atom. The van der Waals surface area contributed by atoms with Crippen molar-refractivity contribution in [3.05, 3.63) is 85.5 Å². The molecule has 10 heteroatoms. The third-order valence-electron chi connectivity index (χ3n) is 6.14. The molecule has 0 aliphatic rings. The van der Waals surface area contributed by atoms with Gasteiger partial charge in [0.25, 0.3) is 0 Å². The molecule has 0 saturated carbocycles. The fourth-order valence-corrected chi connectivity index (χ4v) is 4.05. The second-order valence-electron chi connectivity index (χ2n) is 8.70. The van der Waals surface area contributed by atoms with E-state index < -0.39 is 12.2 Å². The van der Waals surface area contributed by atoms with E-state index in [2.05, 4.69) is 37.4 Å². The number of aromatic amines is 1. The van der Waals surface area contributed by atoms with Crippen molar-refractivity contribution < 1.29 is 13.2 Å². The normalized spacial score (nSPS) is 12.5. The molecule has 1 atom stereocenters. The molecule has 188 valence electrons. The molecular formula is C27H24F3N7. The molecule has 3 heterocycles. The molecule has 37 heavy (non-hydrogen) atoms. The summed E-state index contributed by atoms with van der Waals surface area (Å²) >= 11 is 0. The van der Waals surface area contributed by atoms with Crippen LogP contribution >= 0.6 is 0 Å². The van der Waals surface area contributed by atoms with E-state index in [-0.39, 0.29) is 5.70 Å². The molecule has 1 unspecified atom stereocenters. The van der Waals surface area contributed by atoms with Crippen molar-refractivity contribution in [1.82, 2.24) is 30.0 Å². The number of fused-ring (bicyclic) bond motifs is 1. The summed E-state index contributed by atoms with van der Waals surface area (Å²) in [5.74, 6) is 1.15. The van der Waals surface area contributed by atoms with Gasteiger partial charge in [0.15, 0.2) is 5.82 Å². The second-order valence-corrected chi connectivity index (χ2v) is 8.70. The van der Waals surface area contributed by atoms with Crippen LogP contribution in [0, 0.1) is 0 Å². The highest BCUT2D eigenvalue weighted by Gasteiger charge is 2.36. The van der Waals surface area contributed by atoms with Crippen molar-refractivity contribution in [2.45, 2.75) is 19.1 Å². The first-order valence-electron chi connectivity index (χ1n) is 11.5. The van der Waals surface area contributed by atoms with E-state index in [0.29, 0.717) is 17.3 Å². The number of benzene rings is 2. The lowest BCUT2D eigenvalue weighted by molar-refractivity contribution is -0.148. The number of aryl methyl sites for hydroxylation is 1. The Kier molecular flexibility index (Phi) is 6.16. The lowest BCUT2D eigenvalue weighted by Crippen LogP contribution is -2.38. The Morgan fingerprint density at radius 3 is 2.49 bits per heavy atom. The molecule has 0 spiro atoms. The minimum absolute atomic E-state index is 0.200. The van der Waals surface area contributed by atoms with E-state index in [1.54, 1.807) is 30.1 Å². The molecule has 0 radical (unpaired) electrons. The summed E-state index contributed by atoms with van der Waals surface area (Å²) in [6.45, 7) is 4.88. The van der Waals surface area contributed by atoms with Crippen LogP contribution in [0.4, 0.5) is 24.7 Å². The van der Waals surface area contributed by atoms with Gasteiger partial charge >= 0.3 is 6.18 Å². The predicted molar refractivity (Wildman–Crippen MR) is 139 cm³/mol. The second kappa shape index (κ2) is 9.45. The average Bonchev–Trinajstić information content (AvgIpc) is 3.52. The Hall–Kier alpha value is -4.60. The van der Waals surface area contributed by atoms with Crippen LogP contribution in [-0.4, -0.2) is 37.0 Å². The number of nitrogens with one attached hydrogen (secondary N) is 3. The van der Waals surface area contributed by atoms with Crippen molar-refractivity contribution in [1.29, 1.82) is 0 Å². The van der Waals surface area contributed by atoms with Crippen LogP contribution in [0.2, 0.25) is 0 Å². The van der Waals surface area contributed by atoms with Crippen molar-refractivity contribution >= 4 is 28.1 Å². The SMILES string of the molecule is C=C(NC(C)C(F)(F)F)c1cc2ccc(-c3nccc(Nc4ccc(-c5cn[nH]c5)cc4)n3)cc2n1C. The van der Waals surface area contributed by atoms with Gasteiger partial charge in [-0.2, -0.15) is 18.3 Å². The number of H-pyrrole nitrogens is 1. The molecule has 5 rings (SSSR count). The molecular weight excluding hydrogens is 479 g/mol. The summed E-state index contributed by atoms with van der Waals surface area (Å²) in [6.07, 6.45) is 0.913. The van der Waals surface area contributed by atoms with Crippen LogP contribution in [0.5, 0.6) is 0 Å². The maximum atomic E-state index is 13.0. The third-order valence-corrected chi connectivity index (χ3v) is 6.14. The maximum absolute atomic E-state index is 13.0. The summed E-state index contributed by atoms with van der Waals surface area (Å²) in [6, 6.07) is 15.5. The van der Waals surface area contributed by atoms with Crippen LogP contribution < -0.4 is 10.6 Å². The highest BCUT2D eigenvalue weighted by molar-refractivity contribution is 5.88. The van der Waals surface area contributed by atoms with Gasteiger partial charge in [0.2, 0.25) is 0 Å². The van der Waals surface area contributed by atoms with E-state index in [1.807, 2.05) is 54.7 Å². The molecule has 5 aromatic rings. The van der Waals surface area contributed by atoms with Gasteiger partial charge in [-0.25, -0.2) is 9.97 Å². The minimum Gasteiger partial charge on any atom is -0.373 e. The van der Waals surface area contributed by atoms with E-state index in [1.165, 1.54) is 0 Å². The van der Waals surface area contributed by atoms with Gasteiger partial charge in [0, 0.05) is 47.2 Å². The number of anilines is 2. The number of rotatable bonds is 7. The Balaban J connectivity index is 1.37. The number of alkyl halides is 3. The standard InChI is InChI=1S/C27H24F3N7/c1-16(34-17(2)27(28,29)30)23-12-19-4-5-20(13-24(19)37(23)3)26-31-11-10-25(36-26)35-22-8-6-18(7-9-22)21-14-32-33-15-21/h4-15,17,34H,1H2,2-3H3,(H,32,33)(H,31,35,36). The summed E-state index contributed by atoms with van der Waals surface area (Å²) in [5.41, 5.74) is 5.30. The van der Waals surface area contributed by atoms with Gasteiger partial charge in [-0.1, -0.05) is 30.8 Å². The number of aromatic nitrogens is 5. The van der Waals surface area contributed by atoms with Gasteiger partial charge < -0.3 is 15.2 Å². The van der Waals surface area contributed by atoms with Crippen LogP contribution in [0.1, 0.15) is 12.6 Å². The molecule has 0 saturated heterocycles. The van der Waals surface area contributed by atoms with Gasteiger partial charge in [0.05, 0.1) is 17.6 Å². The molecule has 0 bridgehead atoms. The fraction of sp³-hybridized carbons (Fsp3) is 0.148. The first kappa shape index (κ1) is 24.1. The van der Waals surface area contributed by atoms with Crippen molar-refractivity contribution in [2.75, 3.05) is 5.32 Å². The summed E-state index contributed by atoms with van der Waals surface area (Å²) < 4.78 is 40.8. The maximum Gasteiger partial charge on any atom is 0.408 e. The molecule has 2 aromatic carbocycles. The number of hydrogen-bond acceptors (Lipinski definition) is 5. The number of hydrogen-bond donors (Lipinski definition) is 3. The van der Waals surface area contributed by atoms with Crippen molar-refractivity contribution in [3.63, 3.8) is 0 Å². The van der Waals surface area contributed by atoms with E-state index in [0.717, 1.165) is 40.2 Å². The number of halogens is 3. The van der Waals surface area contributed by atoms with E-state index in [4.69, 9.17) is 0 Å². The van der Waals surface area contributed by atoms with Crippen LogP contribution in [0.25, 0.3) is 39.1 Å². The van der Waals surface area contributed by atoms with E-state index in [9.17, 15) is 13.2 Å². The van der Waals surface area contributed by atoms with Crippen molar-refractivity contribution in [3.8, 4) is 22.5 Å². The van der Waals surface area contributed by atoms with Crippen LogP contribution in [0.15, 0.2) is 79.8 Å². The molecule has 0 aliphatic heterocycles. The predicted octanol–water partition coefficient (Wildman–Crippen LogP) is 6.28. The van der Waals surface area contributed by atoms with E-state index >= 15 is 0 Å². The third kappa shape index (κ3) is 5.04. The molecule has 7 nitrogen and oxygen atoms in total. The monoisotopic (exact) mass is 503 g/mol. The van der Waals surface area contributed by atoms with Gasteiger partial charge in [-0.15, -0.1) is 0 Å². The zero-order chi connectivity index (χ0) is 26.2. The largest absolute Gasteiger partial charge is 0.408 e. The molecule has 3 aromatic heterocycles. The topological polar surface area (TPSA) is 83.4 Å². The van der Waals surface area contributed by atoms with Crippen molar-refractivity contribution in [2.24, 2.45) is 7.05 Å². The first-order valence-corrected chi connectivity index (χ1v) is 11.5. The summed E-state index contributed by atoms with van der Waals surface area (Å²) in [4.78, 5) is 9.07. The van der Waals surface area contributed by atoms with Gasteiger partial charge in [0.1, 0.15) is 11.9 Å². The zero-order valence-corrected chi connectivity index (χ0v) is 20.1. The zero-order valence-electron chi connectivity index (χ0n) is 20.1. The molecule has 0 aliphatic carbocycles. The number of nitrogens with zero attached hydrogens (tertiary/aromatic N) is 4. The lowest BCUT2D eigenvalue weighted by atomic mass is 10.1. The molecule has 0 amide bonds. The average molecular weight is 504 g/mol. The van der Waals surface area contributed by atoms with Gasteiger partial charge in [-0.3, -0.25) is 5.10 Å². The highest BCUT2D eigenvalue weighted by Crippen LogP contribution is 2.29. The van der Waals surface area contributed by atoms with Gasteiger partial charge in [-0.05, 0) is 42.8 Å². The lowest BCUT2D eigenvalue weighted by Gasteiger charge is -2.20. The quantitative estimate of drug-likeness (QED) is 0.244. The summed E-state index contributed by atoms with van der Waals surface area (Å²) in [5, 5.41) is 13.4.